The molecule has 4 rings (SSSR count). The van der Waals surface area contributed by atoms with Crippen LogP contribution >= 0.6 is 11.3 Å². The third-order valence-electron chi connectivity index (χ3n) is 6.33. The Labute approximate surface area is 182 Å². The molecule has 2 aromatic rings. The average Bonchev–Trinajstić information content (AvgIpc) is 3.18. The van der Waals surface area contributed by atoms with Crippen LogP contribution in [0.4, 0.5) is 0 Å². The summed E-state index contributed by atoms with van der Waals surface area (Å²) in [4.78, 5) is 28.6. The van der Waals surface area contributed by atoms with Gasteiger partial charge in [0, 0.05) is 30.6 Å². The van der Waals surface area contributed by atoms with E-state index in [4.69, 9.17) is 0 Å². The van der Waals surface area contributed by atoms with E-state index in [0.717, 1.165) is 45.2 Å². The first kappa shape index (κ1) is 21.1. The summed E-state index contributed by atoms with van der Waals surface area (Å²) < 4.78 is 0. The van der Waals surface area contributed by atoms with E-state index in [2.05, 4.69) is 51.2 Å². The Morgan fingerprint density at radius 2 is 1.77 bits per heavy atom. The lowest BCUT2D eigenvalue weighted by Crippen LogP contribution is -2.47. The predicted octanol–water partition coefficient (Wildman–Crippen LogP) is 3.80. The van der Waals surface area contributed by atoms with Crippen LogP contribution in [0.25, 0.3) is 0 Å². The third-order valence-corrected chi connectivity index (χ3v) is 7.30. The lowest BCUT2D eigenvalue weighted by molar-refractivity contribution is -0.139. The average molecular weight is 426 g/mol. The van der Waals surface area contributed by atoms with Crippen LogP contribution in [-0.4, -0.2) is 35.8 Å². The van der Waals surface area contributed by atoms with Gasteiger partial charge in [-0.25, -0.2) is 0 Å². The molecule has 1 saturated carbocycles. The molecule has 2 amide bonds. The molecule has 0 saturated heterocycles. The minimum atomic E-state index is -0.516. The number of rotatable bonds is 5. The van der Waals surface area contributed by atoms with E-state index in [9.17, 15) is 9.59 Å². The standard InChI is InChI=1S/C24H31N3O2S/c28-23(24(29)26-20-10-3-1-2-4-11-20)25-16-21(22-12-7-15-30-22)27-14-13-18-8-5-6-9-19(18)17-27/h5-9,12,15,20-21H,1-4,10-11,13-14,16-17H2,(H,25,28)(H,26,29)/t21-/m0/s1. The van der Waals surface area contributed by atoms with Crippen molar-refractivity contribution in [3.05, 3.63) is 57.8 Å². The summed E-state index contributed by atoms with van der Waals surface area (Å²) in [5.41, 5.74) is 2.76. The Balaban J connectivity index is 1.37. The van der Waals surface area contributed by atoms with Crippen LogP contribution in [0.3, 0.4) is 0 Å². The van der Waals surface area contributed by atoms with Gasteiger partial charge in [0.15, 0.2) is 0 Å². The number of benzene rings is 1. The number of thiophene rings is 1. The van der Waals surface area contributed by atoms with Gasteiger partial charge < -0.3 is 10.6 Å². The zero-order chi connectivity index (χ0) is 20.8. The molecule has 2 heterocycles. The van der Waals surface area contributed by atoms with E-state index in [0.29, 0.717) is 6.54 Å². The number of nitrogens with one attached hydrogen (secondary N) is 2. The van der Waals surface area contributed by atoms with Crippen molar-refractivity contribution in [1.29, 1.82) is 0 Å². The molecule has 1 aromatic carbocycles. The SMILES string of the molecule is O=C(NC[C@@H](c1cccs1)N1CCc2ccccc2C1)C(=O)NC1CCCCCC1. The summed E-state index contributed by atoms with van der Waals surface area (Å²) in [6, 6.07) is 12.9. The van der Waals surface area contributed by atoms with E-state index in [1.807, 2.05) is 6.07 Å². The van der Waals surface area contributed by atoms with Gasteiger partial charge in [0.05, 0.1) is 6.04 Å². The first-order valence-electron chi connectivity index (χ1n) is 11.1. The molecule has 1 aliphatic carbocycles. The third kappa shape index (κ3) is 5.29. The van der Waals surface area contributed by atoms with Crippen molar-refractivity contribution in [1.82, 2.24) is 15.5 Å². The minimum Gasteiger partial charge on any atom is -0.346 e. The number of fused-ring (bicyclic) bond motifs is 1. The van der Waals surface area contributed by atoms with Gasteiger partial charge in [0.2, 0.25) is 0 Å². The Bertz CT molecular complexity index is 844. The van der Waals surface area contributed by atoms with Gasteiger partial charge in [-0.2, -0.15) is 0 Å². The van der Waals surface area contributed by atoms with E-state index in [1.165, 1.54) is 28.8 Å². The highest BCUT2D eigenvalue weighted by atomic mass is 32.1. The number of amides is 2. The first-order valence-corrected chi connectivity index (χ1v) is 12.0. The van der Waals surface area contributed by atoms with Gasteiger partial charge in [-0.15, -0.1) is 11.3 Å². The van der Waals surface area contributed by atoms with Gasteiger partial charge >= 0.3 is 11.8 Å². The van der Waals surface area contributed by atoms with Crippen molar-refractivity contribution in [2.75, 3.05) is 13.1 Å². The summed E-state index contributed by atoms with van der Waals surface area (Å²) in [7, 11) is 0. The molecule has 6 heteroatoms. The van der Waals surface area contributed by atoms with E-state index in [-0.39, 0.29) is 12.1 Å². The first-order chi connectivity index (χ1) is 14.7. The molecule has 160 valence electrons. The molecule has 1 atom stereocenters. The molecule has 5 nitrogen and oxygen atoms in total. The predicted molar refractivity (Wildman–Crippen MR) is 120 cm³/mol. The van der Waals surface area contributed by atoms with Crippen LogP contribution in [0.15, 0.2) is 41.8 Å². The zero-order valence-corrected chi connectivity index (χ0v) is 18.3. The summed E-state index contributed by atoms with van der Waals surface area (Å²) in [6.07, 6.45) is 7.66. The Kier molecular flexibility index (Phi) is 7.18. The second-order valence-electron chi connectivity index (χ2n) is 8.39. The van der Waals surface area contributed by atoms with E-state index < -0.39 is 11.8 Å². The molecular weight excluding hydrogens is 394 g/mol. The van der Waals surface area contributed by atoms with Crippen LogP contribution in [0, 0.1) is 0 Å². The Hall–Kier alpha value is -2.18. The number of hydrogen-bond donors (Lipinski definition) is 2. The molecule has 2 N–H and O–H groups in total. The summed E-state index contributed by atoms with van der Waals surface area (Å²) in [5, 5.41) is 7.93. The normalized spacial score (nSPS) is 18.8. The highest BCUT2D eigenvalue weighted by molar-refractivity contribution is 7.10. The topological polar surface area (TPSA) is 61.4 Å². The lowest BCUT2D eigenvalue weighted by atomic mass is 9.98. The van der Waals surface area contributed by atoms with Crippen LogP contribution in [0.5, 0.6) is 0 Å². The minimum absolute atomic E-state index is 0.0768. The Morgan fingerprint density at radius 1 is 1.00 bits per heavy atom. The quantitative estimate of drug-likeness (QED) is 0.566. The summed E-state index contributed by atoms with van der Waals surface area (Å²) in [6.45, 7) is 2.26. The molecule has 30 heavy (non-hydrogen) atoms. The maximum atomic E-state index is 12.5. The molecule has 0 radical (unpaired) electrons. The molecule has 2 aliphatic rings. The molecular formula is C24H31N3O2S. The summed E-state index contributed by atoms with van der Waals surface area (Å²) in [5.74, 6) is -1.01. The van der Waals surface area contributed by atoms with Crippen molar-refractivity contribution in [3.8, 4) is 0 Å². The van der Waals surface area contributed by atoms with Crippen LogP contribution in [-0.2, 0) is 22.6 Å². The van der Waals surface area contributed by atoms with Crippen LogP contribution < -0.4 is 10.6 Å². The highest BCUT2D eigenvalue weighted by Crippen LogP contribution is 2.30. The van der Waals surface area contributed by atoms with Crippen molar-refractivity contribution < 1.29 is 9.59 Å². The van der Waals surface area contributed by atoms with Gasteiger partial charge in [-0.3, -0.25) is 14.5 Å². The molecule has 0 unspecified atom stereocenters. The smallest absolute Gasteiger partial charge is 0.309 e. The second kappa shape index (κ2) is 10.2. The molecule has 1 aliphatic heterocycles. The van der Waals surface area contributed by atoms with Gasteiger partial charge in [-0.05, 0) is 41.8 Å². The molecule has 0 spiro atoms. The van der Waals surface area contributed by atoms with Crippen molar-refractivity contribution in [3.63, 3.8) is 0 Å². The number of hydrogen-bond acceptors (Lipinski definition) is 4. The number of nitrogens with zero attached hydrogens (tertiary/aromatic N) is 1. The van der Waals surface area contributed by atoms with Gasteiger partial charge in [0.1, 0.15) is 0 Å². The van der Waals surface area contributed by atoms with Gasteiger partial charge in [-0.1, -0.05) is 56.0 Å². The fourth-order valence-electron chi connectivity index (χ4n) is 4.62. The highest BCUT2D eigenvalue weighted by Gasteiger charge is 2.27. The summed E-state index contributed by atoms with van der Waals surface area (Å²) >= 11 is 1.70. The van der Waals surface area contributed by atoms with Crippen LogP contribution in [0.1, 0.15) is 60.6 Å². The lowest BCUT2D eigenvalue weighted by Gasteiger charge is -2.35. The monoisotopic (exact) mass is 425 g/mol. The molecule has 0 bridgehead atoms. The van der Waals surface area contributed by atoms with E-state index >= 15 is 0 Å². The maximum Gasteiger partial charge on any atom is 0.309 e. The maximum absolute atomic E-state index is 12.5. The van der Waals surface area contributed by atoms with Crippen molar-refractivity contribution in [2.24, 2.45) is 0 Å². The van der Waals surface area contributed by atoms with Crippen molar-refractivity contribution in [2.45, 2.75) is 63.6 Å². The second-order valence-corrected chi connectivity index (χ2v) is 9.37. The number of carbonyl (C=O) groups is 2. The van der Waals surface area contributed by atoms with E-state index in [1.54, 1.807) is 11.3 Å². The van der Waals surface area contributed by atoms with Crippen LogP contribution in [0.2, 0.25) is 0 Å². The van der Waals surface area contributed by atoms with Gasteiger partial charge in [0.25, 0.3) is 0 Å². The fraction of sp³-hybridized carbons (Fsp3) is 0.500. The fourth-order valence-corrected chi connectivity index (χ4v) is 5.48. The molecule has 1 aromatic heterocycles. The molecule has 1 fully saturated rings. The zero-order valence-electron chi connectivity index (χ0n) is 17.4. The largest absolute Gasteiger partial charge is 0.346 e. The Morgan fingerprint density at radius 3 is 2.50 bits per heavy atom. The van der Waals surface area contributed by atoms with Crippen molar-refractivity contribution >= 4 is 23.2 Å². The number of carbonyl (C=O) groups excluding carboxylic acids is 2.